The molecule has 2 rings (SSSR count). The van der Waals surface area contributed by atoms with Crippen molar-refractivity contribution in [3.05, 3.63) is 35.4 Å². The van der Waals surface area contributed by atoms with Crippen molar-refractivity contribution < 1.29 is 4.74 Å². The van der Waals surface area contributed by atoms with Crippen LogP contribution >= 0.6 is 0 Å². The van der Waals surface area contributed by atoms with E-state index in [2.05, 4.69) is 50.4 Å². The number of nitrogens with two attached hydrogens (primary N) is 1. The summed E-state index contributed by atoms with van der Waals surface area (Å²) in [5.74, 6) is 0. The van der Waals surface area contributed by atoms with Crippen LogP contribution in [0.1, 0.15) is 38.3 Å². The molecule has 3 nitrogen and oxygen atoms in total. The van der Waals surface area contributed by atoms with Gasteiger partial charge in [-0.3, -0.25) is 0 Å². The van der Waals surface area contributed by atoms with E-state index in [0.29, 0.717) is 18.7 Å². The van der Waals surface area contributed by atoms with Gasteiger partial charge < -0.3 is 15.8 Å². The fourth-order valence-electron chi connectivity index (χ4n) is 2.75. The molecule has 3 N–H and O–H groups in total. The number of ether oxygens (including phenoxy) is 1. The van der Waals surface area contributed by atoms with Gasteiger partial charge >= 0.3 is 0 Å². The normalized spacial score (nSPS) is 25.1. The number of nitrogens with one attached hydrogen (secondary N) is 1. The summed E-state index contributed by atoms with van der Waals surface area (Å²) in [4.78, 5) is 0. The number of benzene rings is 1. The Morgan fingerprint density at radius 3 is 2.42 bits per heavy atom. The van der Waals surface area contributed by atoms with Gasteiger partial charge in [0.05, 0.1) is 6.10 Å². The highest BCUT2D eigenvalue weighted by Gasteiger charge is 2.48. The molecular weight excluding hydrogens is 236 g/mol. The second-order valence-corrected chi connectivity index (χ2v) is 5.96. The number of rotatable bonds is 6. The Labute approximate surface area is 116 Å². The van der Waals surface area contributed by atoms with Crippen LogP contribution in [0.4, 0.5) is 0 Å². The van der Waals surface area contributed by atoms with Gasteiger partial charge in [0.2, 0.25) is 0 Å². The minimum absolute atomic E-state index is 0.229. The third kappa shape index (κ3) is 3.16. The van der Waals surface area contributed by atoms with Gasteiger partial charge in [0.15, 0.2) is 0 Å². The predicted molar refractivity (Wildman–Crippen MR) is 78.8 cm³/mol. The van der Waals surface area contributed by atoms with E-state index in [1.54, 1.807) is 0 Å². The van der Waals surface area contributed by atoms with E-state index in [4.69, 9.17) is 10.5 Å². The fraction of sp³-hybridized carbons (Fsp3) is 0.625. The van der Waals surface area contributed by atoms with Gasteiger partial charge in [0, 0.05) is 31.2 Å². The number of hydrogen-bond donors (Lipinski definition) is 2. The fourth-order valence-corrected chi connectivity index (χ4v) is 2.75. The molecule has 0 heterocycles. The zero-order valence-electron chi connectivity index (χ0n) is 12.3. The Balaban J connectivity index is 1.83. The molecule has 0 saturated heterocycles. The molecule has 1 fully saturated rings. The van der Waals surface area contributed by atoms with E-state index >= 15 is 0 Å². The highest BCUT2D eigenvalue weighted by atomic mass is 16.5. The quantitative estimate of drug-likeness (QED) is 0.828. The summed E-state index contributed by atoms with van der Waals surface area (Å²) >= 11 is 0. The maximum Gasteiger partial charge on any atom is 0.0655 e. The molecule has 0 bridgehead atoms. The van der Waals surface area contributed by atoms with Crippen molar-refractivity contribution in [2.24, 2.45) is 11.1 Å². The number of hydrogen-bond acceptors (Lipinski definition) is 3. The summed E-state index contributed by atoms with van der Waals surface area (Å²) in [6.45, 7) is 8.96. The first-order valence-corrected chi connectivity index (χ1v) is 7.20. The van der Waals surface area contributed by atoms with Crippen LogP contribution in [-0.2, 0) is 17.8 Å². The molecule has 19 heavy (non-hydrogen) atoms. The molecule has 0 aromatic heterocycles. The molecule has 1 aromatic carbocycles. The molecule has 2 unspecified atom stereocenters. The van der Waals surface area contributed by atoms with E-state index in [1.807, 2.05) is 0 Å². The van der Waals surface area contributed by atoms with Crippen LogP contribution in [0, 0.1) is 5.41 Å². The minimum Gasteiger partial charge on any atom is -0.378 e. The Morgan fingerprint density at radius 1 is 1.26 bits per heavy atom. The Kier molecular flexibility index (Phi) is 4.61. The first kappa shape index (κ1) is 14.5. The third-order valence-corrected chi connectivity index (χ3v) is 4.36. The van der Waals surface area contributed by atoms with E-state index in [0.717, 1.165) is 19.6 Å². The molecule has 106 valence electrons. The minimum atomic E-state index is 0.229. The van der Waals surface area contributed by atoms with Gasteiger partial charge in [-0.2, -0.15) is 0 Å². The zero-order valence-corrected chi connectivity index (χ0v) is 12.3. The Bertz CT molecular complexity index is 400. The summed E-state index contributed by atoms with van der Waals surface area (Å²) in [5, 5.41) is 3.64. The van der Waals surface area contributed by atoms with Crippen molar-refractivity contribution in [3.63, 3.8) is 0 Å². The first-order valence-electron chi connectivity index (χ1n) is 7.20. The molecule has 1 aliphatic carbocycles. The standard InChI is InChI=1S/C16H26N2O/c1-4-19-15-9-14(16(15,2)3)18-11-13-7-5-12(10-17)6-8-13/h5-8,14-15,18H,4,9-11,17H2,1-3H3. The molecule has 1 aliphatic rings. The van der Waals surface area contributed by atoms with Gasteiger partial charge in [-0.1, -0.05) is 38.1 Å². The van der Waals surface area contributed by atoms with Crippen LogP contribution in [0.3, 0.4) is 0 Å². The van der Waals surface area contributed by atoms with Crippen molar-refractivity contribution in [2.45, 2.75) is 52.4 Å². The lowest BCUT2D eigenvalue weighted by Gasteiger charge is -2.52. The zero-order chi connectivity index (χ0) is 13.9. The summed E-state index contributed by atoms with van der Waals surface area (Å²) in [5.41, 5.74) is 8.33. The molecular formula is C16H26N2O. The van der Waals surface area contributed by atoms with Crippen LogP contribution in [0.15, 0.2) is 24.3 Å². The van der Waals surface area contributed by atoms with Crippen molar-refractivity contribution >= 4 is 0 Å². The smallest absolute Gasteiger partial charge is 0.0655 e. The van der Waals surface area contributed by atoms with Crippen LogP contribution in [0.25, 0.3) is 0 Å². The van der Waals surface area contributed by atoms with Crippen LogP contribution in [0.2, 0.25) is 0 Å². The van der Waals surface area contributed by atoms with Crippen LogP contribution < -0.4 is 11.1 Å². The van der Waals surface area contributed by atoms with Crippen LogP contribution in [0.5, 0.6) is 0 Å². The van der Waals surface area contributed by atoms with Gasteiger partial charge in [0.1, 0.15) is 0 Å². The average molecular weight is 262 g/mol. The van der Waals surface area contributed by atoms with Crippen molar-refractivity contribution in [1.82, 2.24) is 5.32 Å². The topological polar surface area (TPSA) is 47.3 Å². The van der Waals surface area contributed by atoms with E-state index in [-0.39, 0.29) is 5.41 Å². The Morgan fingerprint density at radius 2 is 1.89 bits per heavy atom. The maximum absolute atomic E-state index is 5.75. The van der Waals surface area contributed by atoms with Gasteiger partial charge in [0.25, 0.3) is 0 Å². The predicted octanol–water partition coefficient (Wildman–Crippen LogP) is 2.44. The molecule has 1 aromatic rings. The largest absolute Gasteiger partial charge is 0.378 e. The summed E-state index contributed by atoms with van der Waals surface area (Å²) in [6, 6.07) is 9.05. The van der Waals surface area contributed by atoms with Crippen molar-refractivity contribution in [3.8, 4) is 0 Å². The van der Waals surface area contributed by atoms with Gasteiger partial charge in [-0.25, -0.2) is 0 Å². The van der Waals surface area contributed by atoms with Crippen molar-refractivity contribution in [1.29, 1.82) is 0 Å². The maximum atomic E-state index is 5.75. The molecule has 0 aliphatic heterocycles. The van der Waals surface area contributed by atoms with Gasteiger partial charge in [-0.15, -0.1) is 0 Å². The second kappa shape index (κ2) is 6.04. The lowest BCUT2D eigenvalue weighted by atomic mass is 9.64. The van der Waals surface area contributed by atoms with Crippen molar-refractivity contribution in [2.75, 3.05) is 6.61 Å². The molecule has 0 amide bonds. The SMILES string of the molecule is CCOC1CC(NCc2ccc(CN)cc2)C1(C)C. The Hall–Kier alpha value is -0.900. The average Bonchev–Trinajstić information content (AvgIpc) is 2.42. The highest BCUT2D eigenvalue weighted by Crippen LogP contribution is 2.42. The van der Waals surface area contributed by atoms with E-state index < -0.39 is 0 Å². The highest BCUT2D eigenvalue weighted by molar-refractivity contribution is 5.22. The summed E-state index contributed by atoms with van der Waals surface area (Å²) in [6.07, 6.45) is 1.51. The van der Waals surface area contributed by atoms with E-state index in [1.165, 1.54) is 11.1 Å². The lowest BCUT2D eigenvalue weighted by Crippen LogP contribution is -2.60. The van der Waals surface area contributed by atoms with Gasteiger partial charge in [-0.05, 0) is 24.5 Å². The monoisotopic (exact) mass is 262 g/mol. The third-order valence-electron chi connectivity index (χ3n) is 4.36. The molecule has 3 heteroatoms. The summed E-state index contributed by atoms with van der Waals surface area (Å²) < 4.78 is 5.75. The van der Waals surface area contributed by atoms with E-state index in [9.17, 15) is 0 Å². The molecule has 1 saturated carbocycles. The van der Waals surface area contributed by atoms with Crippen LogP contribution in [-0.4, -0.2) is 18.8 Å². The molecule has 0 spiro atoms. The second-order valence-electron chi connectivity index (χ2n) is 5.96. The molecule has 2 atom stereocenters. The lowest BCUT2D eigenvalue weighted by molar-refractivity contribution is -0.114. The summed E-state index contributed by atoms with van der Waals surface area (Å²) in [7, 11) is 0. The first-order chi connectivity index (χ1) is 9.07. The molecule has 0 radical (unpaired) electrons.